The van der Waals surface area contributed by atoms with Gasteiger partial charge in [0.1, 0.15) is 11.2 Å². The highest BCUT2D eigenvalue weighted by molar-refractivity contribution is 6.13. The molecule has 8 aromatic carbocycles. The lowest BCUT2D eigenvalue weighted by Gasteiger charge is -2.26. The van der Waals surface area contributed by atoms with Crippen LogP contribution in [0.2, 0.25) is 0 Å². The number of hydrogen-bond donors (Lipinski definition) is 0. The van der Waals surface area contributed by atoms with Gasteiger partial charge in [-0.3, -0.25) is 0 Å². The Kier molecular flexibility index (Phi) is 6.17. The summed E-state index contributed by atoms with van der Waals surface area (Å²) in [7, 11) is 0. The zero-order valence-electron chi connectivity index (χ0n) is 25.1. The van der Waals surface area contributed by atoms with Gasteiger partial charge in [0, 0.05) is 16.8 Å². The summed E-state index contributed by atoms with van der Waals surface area (Å²) in [6, 6.07) is 62.8. The molecule has 1 heterocycles. The number of hydrogen-bond acceptors (Lipinski definition) is 2. The van der Waals surface area contributed by atoms with Gasteiger partial charge in [0.25, 0.3) is 0 Å². The van der Waals surface area contributed by atoms with Crippen LogP contribution in [0.4, 0.5) is 17.1 Å². The molecular weight excluding hydrogens is 558 g/mol. The molecule has 0 saturated heterocycles. The third kappa shape index (κ3) is 4.51. The molecule has 0 bridgehead atoms. The van der Waals surface area contributed by atoms with Crippen molar-refractivity contribution in [1.29, 1.82) is 0 Å². The lowest BCUT2D eigenvalue weighted by atomic mass is 9.96. The van der Waals surface area contributed by atoms with E-state index in [0.717, 1.165) is 39.0 Å². The molecule has 2 heteroatoms. The summed E-state index contributed by atoms with van der Waals surface area (Å²) in [5, 5.41) is 7.23. The molecule has 9 rings (SSSR count). The van der Waals surface area contributed by atoms with Crippen molar-refractivity contribution in [3.8, 4) is 22.3 Å². The number of rotatable bonds is 5. The van der Waals surface area contributed by atoms with Crippen LogP contribution in [-0.4, -0.2) is 0 Å². The van der Waals surface area contributed by atoms with Crippen LogP contribution >= 0.6 is 0 Å². The lowest BCUT2D eigenvalue weighted by Crippen LogP contribution is -2.10. The van der Waals surface area contributed by atoms with Gasteiger partial charge in [0.2, 0.25) is 0 Å². The van der Waals surface area contributed by atoms with Crippen molar-refractivity contribution in [2.24, 2.45) is 0 Å². The first-order chi connectivity index (χ1) is 22.8. The Hall–Kier alpha value is -6.12. The minimum Gasteiger partial charge on any atom is -0.456 e. The Morgan fingerprint density at radius 1 is 0.348 bits per heavy atom. The maximum atomic E-state index is 6.25. The maximum absolute atomic E-state index is 6.25. The minimum atomic E-state index is 0.885. The average Bonchev–Trinajstić information content (AvgIpc) is 3.51. The Labute approximate surface area is 267 Å². The predicted octanol–water partition coefficient (Wildman–Crippen LogP) is 12.7. The third-order valence-corrected chi connectivity index (χ3v) is 9.02. The summed E-state index contributed by atoms with van der Waals surface area (Å²) in [5.41, 5.74) is 9.92. The molecule has 0 radical (unpaired) electrons. The monoisotopic (exact) mass is 587 g/mol. The van der Waals surface area contributed by atoms with Gasteiger partial charge in [0.05, 0.1) is 11.1 Å². The molecule has 0 aliphatic rings. The molecule has 9 aromatic rings. The maximum Gasteiger partial charge on any atom is 0.137 e. The predicted molar refractivity (Wildman–Crippen MR) is 194 cm³/mol. The number of para-hydroxylation sites is 2. The summed E-state index contributed by atoms with van der Waals surface area (Å²) in [4.78, 5) is 2.32. The van der Waals surface area contributed by atoms with E-state index in [1.807, 2.05) is 12.1 Å². The largest absolute Gasteiger partial charge is 0.456 e. The van der Waals surface area contributed by atoms with Crippen molar-refractivity contribution in [1.82, 2.24) is 0 Å². The first-order valence-electron chi connectivity index (χ1n) is 15.7. The van der Waals surface area contributed by atoms with Crippen LogP contribution < -0.4 is 4.90 Å². The molecule has 216 valence electrons. The Morgan fingerprint density at radius 2 is 0.870 bits per heavy atom. The van der Waals surface area contributed by atoms with Gasteiger partial charge in [0.15, 0.2) is 0 Å². The van der Waals surface area contributed by atoms with Gasteiger partial charge < -0.3 is 9.32 Å². The average molecular weight is 588 g/mol. The van der Waals surface area contributed by atoms with Crippen LogP contribution in [0.25, 0.3) is 65.7 Å². The van der Waals surface area contributed by atoms with Crippen LogP contribution in [0.1, 0.15) is 0 Å². The number of benzene rings is 8. The van der Waals surface area contributed by atoms with E-state index in [-0.39, 0.29) is 0 Å². The molecule has 0 atom stereocenters. The highest BCUT2D eigenvalue weighted by Gasteiger charge is 2.19. The first kappa shape index (κ1) is 26.3. The number of furan rings is 1. The van der Waals surface area contributed by atoms with Gasteiger partial charge in [-0.15, -0.1) is 0 Å². The van der Waals surface area contributed by atoms with Crippen molar-refractivity contribution < 1.29 is 4.42 Å². The smallest absolute Gasteiger partial charge is 0.137 e. The number of fused-ring (bicyclic) bond motifs is 5. The van der Waals surface area contributed by atoms with Crippen molar-refractivity contribution in [3.05, 3.63) is 176 Å². The SMILES string of the molecule is c1ccc(N(c2ccc(-c3ccc4cc(-c5ccc6ccccc6c5)ccc4c3)cc2)c2cccc3oc4ccccc4c23)cc1. The minimum absolute atomic E-state index is 0.885. The molecule has 0 saturated carbocycles. The molecule has 46 heavy (non-hydrogen) atoms. The van der Waals surface area contributed by atoms with Crippen molar-refractivity contribution >= 4 is 60.5 Å². The van der Waals surface area contributed by atoms with Crippen LogP contribution in [0.5, 0.6) is 0 Å². The van der Waals surface area contributed by atoms with Gasteiger partial charge in [-0.25, -0.2) is 0 Å². The molecule has 0 fully saturated rings. The molecular formula is C44H29NO. The second-order valence-corrected chi connectivity index (χ2v) is 11.8. The van der Waals surface area contributed by atoms with Gasteiger partial charge >= 0.3 is 0 Å². The second kappa shape index (κ2) is 10.8. The van der Waals surface area contributed by atoms with Gasteiger partial charge in [-0.1, -0.05) is 115 Å². The molecule has 0 spiro atoms. The lowest BCUT2D eigenvalue weighted by molar-refractivity contribution is 0.669. The van der Waals surface area contributed by atoms with Crippen LogP contribution in [0.15, 0.2) is 180 Å². The number of anilines is 3. The fourth-order valence-corrected chi connectivity index (χ4v) is 6.72. The van der Waals surface area contributed by atoms with E-state index in [4.69, 9.17) is 4.42 Å². The van der Waals surface area contributed by atoms with Gasteiger partial charge in [-0.05, 0) is 104 Å². The van der Waals surface area contributed by atoms with Crippen LogP contribution in [0, 0.1) is 0 Å². The summed E-state index contributed by atoms with van der Waals surface area (Å²) in [5.74, 6) is 0. The Morgan fingerprint density at radius 3 is 1.61 bits per heavy atom. The summed E-state index contributed by atoms with van der Waals surface area (Å²) in [6.45, 7) is 0. The van der Waals surface area contributed by atoms with Crippen molar-refractivity contribution in [2.75, 3.05) is 4.90 Å². The molecule has 0 unspecified atom stereocenters. The standard InChI is InChI=1S/C44H29NO/c1-2-11-38(12-3-1)45(41-14-8-16-43-44(41)40-13-6-7-15-42(40)46-43)39-25-23-31(24-26-39)33-19-20-36-29-37(22-21-35(36)28-33)34-18-17-30-9-4-5-10-32(30)27-34/h1-29H. The Bertz CT molecular complexity index is 2530. The third-order valence-electron chi connectivity index (χ3n) is 9.02. The zero-order chi connectivity index (χ0) is 30.5. The van der Waals surface area contributed by atoms with Crippen molar-refractivity contribution in [2.45, 2.75) is 0 Å². The summed E-state index contributed by atoms with van der Waals surface area (Å²) < 4.78 is 6.25. The number of nitrogens with zero attached hydrogens (tertiary/aromatic N) is 1. The zero-order valence-corrected chi connectivity index (χ0v) is 25.1. The molecule has 0 amide bonds. The van der Waals surface area contributed by atoms with Gasteiger partial charge in [-0.2, -0.15) is 0 Å². The Balaban J connectivity index is 1.09. The fourth-order valence-electron chi connectivity index (χ4n) is 6.72. The topological polar surface area (TPSA) is 16.4 Å². The van der Waals surface area contributed by atoms with E-state index in [1.165, 1.54) is 43.8 Å². The van der Waals surface area contributed by atoms with Crippen LogP contribution in [0.3, 0.4) is 0 Å². The normalized spacial score (nSPS) is 11.5. The quantitative estimate of drug-likeness (QED) is 0.199. The summed E-state index contributed by atoms with van der Waals surface area (Å²) in [6.07, 6.45) is 0. The second-order valence-electron chi connectivity index (χ2n) is 11.8. The van der Waals surface area contributed by atoms with Crippen molar-refractivity contribution in [3.63, 3.8) is 0 Å². The first-order valence-corrected chi connectivity index (χ1v) is 15.7. The summed E-state index contributed by atoms with van der Waals surface area (Å²) >= 11 is 0. The fraction of sp³-hybridized carbons (Fsp3) is 0. The van der Waals surface area contributed by atoms with E-state index in [2.05, 4.69) is 169 Å². The van der Waals surface area contributed by atoms with Crippen LogP contribution in [-0.2, 0) is 0 Å². The molecule has 0 aliphatic carbocycles. The molecule has 0 aliphatic heterocycles. The van der Waals surface area contributed by atoms with E-state index >= 15 is 0 Å². The molecule has 2 nitrogen and oxygen atoms in total. The van der Waals surface area contributed by atoms with E-state index < -0.39 is 0 Å². The van der Waals surface area contributed by atoms with E-state index in [1.54, 1.807) is 0 Å². The molecule has 0 N–H and O–H groups in total. The molecule has 1 aromatic heterocycles. The highest BCUT2D eigenvalue weighted by Crippen LogP contribution is 2.43. The highest BCUT2D eigenvalue weighted by atomic mass is 16.3. The van der Waals surface area contributed by atoms with E-state index in [9.17, 15) is 0 Å². The van der Waals surface area contributed by atoms with E-state index in [0.29, 0.717) is 0 Å².